The molecule has 0 rings (SSSR count). The van der Waals surface area contributed by atoms with E-state index in [0.717, 1.165) is 5.57 Å². The molecule has 0 aliphatic heterocycles. The fraction of sp³-hybridized carbons (Fsp3) is 0.714. The number of alkyl halides is 1. The summed E-state index contributed by atoms with van der Waals surface area (Å²) in [6.45, 7) is 3.36. The van der Waals surface area contributed by atoms with Crippen LogP contribution in [0.25, 0.3) is 0 Å². The van der Waals surface area contributed by atoms with E-state index < -0.39 is 6.67 Å². The van der Waals surface area contributed by atoms with Gasteiger partial charge in [0.25, 0.3) is 0 Å². The second kappa shape index (κ2) is 6.64. The zero-order valence-corrected chi connectivity index (χ0v) is 7.87. The Labute approximate surface area is 71.4 Å². The molecule has 0 aromatic rings. The quantitative estimate of drug-likeness (QED) is 0.396. The molecule has 0 radical (unpaired) electrons. The van der Waals surface area contributed by atoms with Crippen LogP contribution in [0.15, 0.2) is 11.6 Å². The lowest BCUT2D eigenvalue weighted by Gasteiger charge is -2.11. The van der Waals surface area contributed by atoms with Crippen molar-refractivity contribution in [3.63, 3.8) is 0 Å². The largest absolute Gasteiger partial charge is 0.247 e. The minimum Gasteiger partial charge on any atom is -0.247 e. The van der Waals surface area contributed by atoms with Crippen LogP contribution in [0, 0.1) is 0 Å². The van der Waals surface area contributed by atoms with E-state index in [9.17, 15) is 4.39 Å². The van der Waals surface area contributed by atoms with E-state index in [1.165, 1.54) is 18.1 Å². The minimum absolute atomic E-state index is 0.0678. The summed E-state index contributed by atoms with van der Waals surface area (Å²) in [5.74, 6) is 0. The summed E-state index contributed by atoms with van der Waals surface area (Å²) in [5, 5.41) is 0. The predicted molar refractivity (Wildman–Crippen MR) is 46.9 cm³/mol. The lowest BCUT2D eigenvalue weighted by Crippen LogP contribution is -2.24. The Hall–Kier alpha value is -0.0600. The SMILES string of the molecule is CSONC(C)/C(C)=C/CF. The first kappa shape index (κ1) is 10.9. The molecule has 1 N–H and O–H groups in total. The Kier molecular flexibility index (Phi) is 6.60. The standard InChI is InChI=1S/C7H14FNOS/c1-6(4-5-8)7(2)9-10-11-3/h4,7,9H,5H2,1-3H3/b6-4+. The van der Waals surface area contributed by atoms with Crippen molar-refractivity contribution in [1.29, 1.82) is 0 Å². The van der Waals surface area contributed by atoms with Crippen molar-refractivity contribution < 1.29 is 8.67 Å². The Morgan fingerprint density at radius 3 is 2.91 bits per heavy atom. The van der Waals surface area contributed by atoms with Gasteiger partial charge in [-0.15, -0.1) is 0 Å². The van der Waals surface area contributed by atoms with Crippen LogP contribution in [0.4, 0.5) is 4.39 Å². The highest BCUT2D eigenvalue weighted by Gasteiger charge is 2.01. The van der Waals surface area contributed by atoms with Gasteiger partial charge in [-0.25, -0.2) is 8.67 Å². The van der Waals surface area contributed by atoms with Crippen LogP contribution in [0.2, 0.25) is 0 Å². The number of hydrogen-bond donors (Lipinski definition) is 1. The first-order chi connectivity index (χ1) is 5.22. The monoisotopic (exact) mass is 179 g/mol. The Morgan fingerprint density at radius 2 is 2.45 bits per heavy atom. The van der Waals surface area contributed by atoms with Crippen LogP contribution < -0.4 is 5.48 Å². The van der Waals surface area contributed by atoms with E-state index in [2.05, 4.69) is 5.48 Å². The molecule has 0 spiro atoms. The molecular weight excluding hydrogens is 165 g/mol. The fourth-order valence-electron chi connectivity index (χ4n) is 0.512. The maximum atomic E-state index is 11.8. The molecule has 0 bridgehead atoms. The van der Waals surface area contributed by atoms with Gasteiger partial charge in [0.1, 0.15) is 6.67 Å². The minimum atomic E-state index is -0.420. The third-order valence-electron chi connectivity index (χ3n) is 1.39. The van der Waals surface area contributed by atoms with Crippen LogP contribution >= 0.6 is 12.0 Å². The molecule has 0 aromatic carbocycles. The number of hydroxylamine groups is 1. The van der Waals surface area contributed by atoms with E-state index in [-0.39, 0.29) is 6.04 Å². The number of rotatable bonds is 5. The summed E-state index contributed by atoms with van der Waals surface area (Å²) >= 11 is 1.23. The summed E-state index contributed by atoms with van der Waals surface area (Å²) in [5.41, 5.74) is 3.69. The summed E-state index contributed by atoms with van der Waals surface area (Å²) in [7, 11) is 0. The average molecular weight is 179 g/mol. The van der Waals surface area contributed by atoms with Crippen LogP contribution in [0.1, 0.15) is 13.8 Å². The lowest BCUT2D eigenvalue weighted by atomic mass is 10.1. The van der Waals surface area contributed by atoms with Crippen LogP contribution in [0.3, 0.4) is 0 Å². The molecule has 0 aliphatic carbocycles. The van der Waals surface area contributed by atoms with Crippen LogP contribution in [-0.4, -0.2) is 19.0 Å². The first-order valence-electron chi connectivity index (χ1n) is 3.40. The molecular formula is C7H14FNOS. The molecule has 1 unspecified atom stereocenters. The Balaban J connectivity index is 3.63. The predicted octanol–water partition coefficient (Wildman–Crippen LogP) is 2.09. The first-order valence-corrected chi connectivity index (χ1v) is 4.55. The van der Waals surface area contributed by atoms with Crippen molar-refractivity contribution in [3.05, 3.63) is 11.6 Å². The highest BCUT2D eigenvalue weighted by atomic mass is 32.2. The van der Waals surface area contributed by atoms with Crippen LogP contribution in [-0.2, 0) is 4.28 Å². The molecule has 0 aromatic heterocycles. The van der Waals surface area contributed by atoms with Gasteiger partial charge in [0.15, 0.2) is 0 Å². The van der Waals surface area contributed by atoms with Gasteiger partial charge in [0, 0.05) is 18.3 Å². The lowest BCUT2D eigenvalue weighted by molar-refractivity contribution is 0.214. The van der Waals surface area contributed by atoms with Crippen molar-refractivity contribution in [1.82, 2.24) is 5.48 Å². The van der Waals surface area contributed by atoms with Gasteiger partial charge in [0.2, 0.25) is 0 Å². The molecule has 2 nitrogen and oxygen atoms in total. The van der Waals surface area contributed by atoms with E-state index in [4.69, 9.17) is 4.28 Å². The zero-order valence-electron chi connectivity index (χ0n) is 7.06. The van der Waals surface area contributed by atoms with E-state index in [0.29, 0.717) is 0 Å². The van der Waals surface area contributed by atoms with Gasteiger partial charge < -0.3 is 0 Å². The summed E-state index contributed by atoms with van der Waals surface area (Å²) < 4.78 is 16.6. The number of allylic oxidation sites excluding steroid dienone is 1. The molecule has 66 valence electrons. The Bertz CT molecular complexity index is 130. The molecule has 0 heterocycles. The van der Waals surface area contributed by atoms with Crippen molar-refractivity contribution >= 4 is 12.0 Å². The van der Waals surface area contributed by atoms with Crippen molar-refractivity contribution in [2.75, 3.05) is 12.9 Å². The second-order valence-electron chi connectivity index (χ2n) is 2.19. The topological polar surface area (TPSA) is 21.3 Å². The fourth-order valence-corrected chi connectivity index (χ4v) is 0.752. The van der Waals surface area contributed by atoms with Crippen molar-refractivity contribution in [3.8, 4) is 0 Å². The molecule has 0 amide bonds. The normalized spacial score (nSPS) is 15.1. The smallest absolute Gasteiger partial charge is 0.108 e. The highest BCUT2D eigenvalue weighted by molar-refractivity contribution is 7.93. The van der Waals surface area contributed by atoms with Crippen molar-refractivity contribution in [2.24, 2.45) is 0 Å². The number of nitrogens with one attached hydrogen (secondary N) is 1. The summed E-state index contributed by atoms with van der Waals surface area (Å²) in [4.78, 5) is 0. The Morgan fingerprint density at radius 1 is 1.82 bits per heavy atom. The average Bonchev–Trinajstić information content (AvgIpc) is 2.00. The summed E-state index contributed by atoms with van der Waals surface area (Å²) in [6, 6.07) is 0.0678. The highest BCUT2D eigenvalue weighted by Crippen LogP contribution is 2.02. The molecule has 0 aliphatic rings. The molecule has 0 saturated heterocycles. The molecule has 0 fully saturated rings. The summed E-state index contributed by atoms with van der Waals surface area (Å²) in [6.07, 6.45) is 3.34. The number of hydrogen-bond acceptors (Lipinski definition) is 3. The van der Waals surface area contributed by atoms with Crippen molar-refractivity contribution in [2.45, 2.75) is 19.9 Å². The van der Waals surface area contributed by atoms with E-state index in [1.807, 2.05) is 20.1 Å². The second-order valence-corrected chi connectivity index (χ2v) is 2.69. The van der Waals surface area contributed by atoms with Crippen LogP contribution in [0.5, 0.6) is 0 Å². The third kappa shape index (κ3) is 5.24. The van der Waals surface area contributed by atoms with Gasteiger partial charge in [-0.2, -0.15) is 5.48 Å². The van der Waals surface area contributed by atoms with Gasteiger partial charge in [-0.1, -0.05) is 11.6 Å². The number of halogens is 1. The van der Waals surface area contributed by atoms with Gasteiger partial charge in [0.05, 0.1) is 6.04 Å². The van der Waals surface area contributed by atoms with E-state index in [1.54, 1.807) is 0 Å². The van der Waals surface area contributed by atoms with Gasteiger partial charge in [-0.3, -0.25) is 0 Å². The van der Waals surface area contributed by atoms with Gasteiger partial charge in [-0.05, 0) is 13.8 Å². The molecule has 11 heavy (non-hydrogen) atoms. The maximum Gasteiger partial charge on any atom is 0.108 e. The van der Waals surface area contributed by atoms with Gasteiger partial charge >= 0.3 is 0 Å². The molecule has 1 atom stereocenters. The van der Waals surface area contributed by atoms with E-state index >= 15 is 0 Å². The molecule has 4 heteroatoms. The zero-order chi connectivity index (χ0) is 8.69. The third-order valence-corrected chi connectivity index (χ3v) is 1.65. The molecule has 0 saturated carbocycles. The maximum absolute atomic E-state index is 11.8.